The van der Waals surface area contributed by atoms with E-state index in [1.165, 1.54) is 0 Å². The summed E-state index contributed by atoms with van der Waals surface area (Å²) in [5.74, 6) is -0.162. The number of carbonyl (C=O) groups is 1. The molecule has 0 bridgehead atoms. The van der Waals surface area contributed by atoms with Gasteiger partial charge in [0.05, 0.1) is 6.61 Å². The Balaban J connectivity index is 3.73. The number of likely N-dealkylation sites (N-methyl/N-ethyl adjacent to an activating group) is 1. The Morgan fingerprint density at radius 2 is 1.94 bits per heavy atom. The number of carboxylic acids is 1. The van der Waals surface area contributed by atoms with Crippen LogP contribution in [0, 0.1) is 5.92 Å². The third kappa shape index (κ3) is 5.47. The first-order chi connectivity index (χ1) is 7.28. The van der Waals surface area contributed by atoms with Crippen LogP contribution in [0.4, 0.5) is 0 Å². The molecule has 0 aromatic carbocycles. The molecule has 0 aromatic rings. The molecule has 4 nitrogen and oxygen atoms in total. The van der Waals surface area contributed by atoms with Gasteiger partial charge in [-0.1, -0.05) is 13.8 Å². The van der Waals surface area contributed by atoms with Crippen LogP contribution >= 0.6 is 0 Å². The molecular weight excluding hydrogens is 206 g/mol. The van der Waals surface area contributed by atoms with Crippen LogP contribution in [0.5, 0.6) is 0 Å². The van der Waals surface area contributed by atoms with Gasteiger partial charge in [0.2, 0.25) is 0 Å². The van der Waals surface area contributed by atoms with Crippen LogP contribution in [-0.2, 0) is 9.53 Å². The molecule has 0 radical (unpaired) electrons. The Morgan fingerprint density at radius 1 is 1.38 bits per heavy atom. The summed E-state index contributed by atoms with van der Waals surface area (Å²) in [6.07, 6.45) is 1.05. The summed E-state index contributed by atoms with van der Waals surface area (Å²) >= 11 is 0. The maximum atomic E-state index is 11.0. The molecule has 0 aliphatic carbocycles. The number of nitrogens with zero attached hydrogens (tertiary/aromatic N) is 1. The molecule has 0 spiro atoms. The summed E-state index contributed by atoms with van der Waals surface area (Å²) in [6.45, 7) is 9.68. The third-order valence-corrected chi connectivity index (χ3v) is 2.89. The number of hydrogen-bond donors (Lipinski definition) is 1. The molecule has 0 unspecified atom stereocenters. The Morgan fingerprint density at radius 3 is 2.38 bits per heavy atom. The van der Waals surface area contributed by atoms with Crippen molar-refractivity contribution < 1.29 is 14.6 Å². The topological polar surface area (TPSA) is 49.8 Å². The zero-order valence-electron chi connectivity index (χ0n) is 11.1. The lowest BCUT2D eigenvalue weighted by Crippen LogP contribution is -2.49. The predicted molar refractivity (Wildman–Crippen MR) is 64.6 cm³/mol. The third-order valence-electron chi connectivity index (χ3n) is 2.89. The average Bonchev–Trinajstić information content (AvgIpc) is 2.16. The van der Waals surface area contributed by atoms with Gasteiger partial charge < -0.3 is 9.84 Å². The van der Waals surface area contributed by atoms with Crippen molar-refractivity contribution >= 4 is 5.97 Å². The van der Waals surface area contributed by atoms with Crippen molar-refractivity contribution in [3.8, 4) is 0 Å². The van der Waals surface area contributed by atoms with Gasteiger partial charge in [0, 0.05) is 13.2 Å². The SMILES string of the molecule is CC(C)CCOCCN(C)C(C)(C)C(=O)O. The van der Waals surface area contributed by atoms with Gasteiger partial charge >= 0.3 is 5.97 Å². The molecular formula is C12H25NO3. The first-order valence-electron chi connectivity index (χ1n) is 5.81. The highest BCUT2D eigenvalue weighted by molar-refractivity contribution is 5.77. The van der Waals surface area contributed by atoms with E-state index in [0.717, 1.165) is 13.0 Å². The summed E-state index contributed by atoms with van der Waals surface area (Å²) in [5, 5.41) is 9.00. The molecule has 0 amide bonds. The van der Waals surface area contributed by atoms with Crippen LogP contribution in [-0.4, -0.2) is 48.3 Å². The highest BCUT2D eigenvalue weighted by Crippen LogP contribution is 2.11. The largest absolute Gasteiger partial charge is 0.480 e. The molecule has 0 heterocycles. The molecule has 0 rings (SSSR count). The number of aliphatic carboxylic acids is 1. The van der Waals surface area contributed by atoms with Crippen LogP contribution in [0.3, 0.4) is 0 Å². The molecule has 0 aliphatic rings. The molecule has 4 heteroatoms. The first kappa shape index (κ1) is 15.4. The van der Waals surface area contributed by atoms with E-state index >= 15 is 0 Å². The van der Waals surface area contributed by atoms with Gasteiger partial charge in [-0.25, -0.2) is 0 Å². The molecule has 96 valence electrons. The fourth-order valence-corrected chi connectivity index (χ4v) is 1.07. The summed E-state index contributed by atoms with van der Waals surface area (Å²) in [6, 6.07) is 0. The number of ether oxygens (including phenoxy) is 1. The van der Waals surface area contributed by atoms with Crippen molar-refractivity contribution in [2.75, 3.05) is 26.8 Å². The normalized spacial score (nSPS) is 12.4. The number of hydrogen-bond acceptors (Lipinski definition) is 3. The maximum Gasteiger partial charge on any atom is 0.323 e. The van der Waals surface area contributed by atoms with Gasteiger partial charge in [-0.2, -0.15) is 0 Å². The quantitative estimate of drug-likeness (QED) is 0.648. The highest BCUT2D eigenvalue weighted by atomic mass is 16.5. The molecule has 0 saturated carbocycles. The Bertz CT molecular complexity index is 214. The van der Waals surface area contributed by atoms with Crippen molar-refractivity contribution in [2.24, 2.45) is 5.92 Å². The minimum Gasteiger partial charge on any atom is -0.480 e. The maximum absolute atomic E-state index is 11.0. The predicted octanol–water partition coefficient (Wildman–Crippen LogP) is 1.84. The van der Waals surface area contributed by atoms with E-state index in [1.54, 1.807) is 25.8 Å². The van der Waals surface area contributed by atoms with Crippen LogP contribution in [0.15, 0.2) is 0 Å². The summed E-state index contributed by atoms with van der Waals surface area (Å²) in [4.78, 5) is 12.8. The molecule has 0 saturated heterocycles. The lowest BCUT2D eigenvalue weighted by Gasteiger charge is -2.31. The van der Waals surface area contributed by atoms with E-state index in [9.17, 15) is 4.79 Å². The standard InChI is InChI=1S/C12H25NO3/c1-10(2)6-8-16-9-7-13(5)12(3,4)11(14)15/h10H,6-9H2,1-5H3,(H,14,15). The van der Waals surface area contributed by atoms with Crippen molar-refractivity contribution in [3.63, 3.8) is 0 Å². The molecule has 0 atom stereocenters. The average molecular weight is 231 g/mol. The van der Waals surface area contributed by atoms with Crippen molar-refractivity contribution in [1.29, 1.82) is 0 Å². The second kappa shape index (κ2) is 6.86. The van der Waals surface area contributed by atoms with E-state index in [4.69, 9.17) is 9.84 Å². The second-order valence-corrected chi connectivity index (χ2v) is 5.08. The summed E-state index contributed by atoms with van der Waals surface area (Å²) in [5.41, 5.74) is -0.832. The fourth-order valence-electron chi connectivity index (χ4n) is 1.07. The zero-order valence-corrected chi connectivity index (χ0v) is 11.1. The van der Waals surface area contributed by atoms with Crippen LogP contribution in [0.25, 0.3) is 0 Å². The Kier molecular flexibility index (Phi) is 6.60. The minimum atomic E-state index is -0.832. The van der Waals surface area contributed by atoms with E-state index in [0.29, 0.717) is 19.1 Å². The molecule has 0 fully saturated rings. The van der Waals surface area contributed by atoms with Gasteiger partial charge in [-0.3, -0.25) is 9.69 Å². The first-order valence-corrected chi connectivity index (χ1v) is 5.81. The van der Waals surface area contributed by atoms with E-state index in [2.05, 4.69) is 13.8 Å². The summed E-state index contributed by atoms with van der Waals surface area (Å²) in [7, 11) is 1.81. The van der Waals surface area contributed by atoms with E-state index in [1.807, 2.05) is 0 Å². The lowest BCUT2D eigenvalue weighted by molar-refractivity contribution is -0.148. The molecule has 0 aromatic heterocycles. The molecule has 1 N–H and O–H groups in total. The number of carboxylic acid groups (broad SMARTS) is 1. The monoisotopic (exact) mass is 231 g/mol. The number of rotatable bonds is 8. The highest BCUT2D eigenvalue weighted by Gasteiger charge is 2.31. The Labute approximate surface area is 98.6 Å². The van der Waals surface area contributed by atoms with Crippen LogP contribution < -0.4 is 0 Å². The van der Waals surface area contributed by atoms with Gasteiger partial charge in [0.25, 0.3) is 0 Å². The molecule has 16 heavy (non-hydrogen) atoms. The van der Waals surface area contributed by atoms with Crippen molar-refractivity contribution in [1.82, 2.24) is 4.90 Å². The lowest BCUT2D eigenvalue weighted by atomic mass is 10.0. The van der Waals surface area contributed by atoms with Crippen LogP contribution in [0.1, 0.15) is 34.1 Å². The van der Waals surface area contributed by atoms with Gasteiger partial charge in [0.1, 0.15) is 5.54 Å². The van der Waals surface area contributed by atoms with Crippen molar-refractivity contribution in [2.45, 2.75) is 39.7 Å². The smallest absolute Gasteiger partial charge is 0.323 e. The molecule has 0 aliphatic heterocycles. The summed E-state index contributed by atoms with van der Waals surface area (Å²) < 4.78 is 5.46. The Hall–Kier alpha value is -0.610. The minimum absolute atomic E-state index is 0.583. The van der Waals surface area contributed by atoms with E-state index in [-0.39, 0.29) is 0 Å². The second-order valence-electron chi connectivity index (χ2n) is 5.08. The van der Waals surface area contributed by atoms with Gasteiger partial charge in [-0.15, -0.1) is 0 Å². The van der Waals surface area contributed by atoms with Crippen molar-refractivity contribution in [3.05, 3.63) is 0 Å². The van der Waals surface area contributed by atoms with Gasteiger partial charge in [0.15, 0.2) is 0 Å². The van der Waals surface area contributed by atoms with E-state index < -0.39 is 11.5 Å². The van der Waals surface area contributed by atoms with Gasteiger partial charge in [-0.05, 0) is 33.2 Å². The zero-order chi connectivity index (χ0) is 12.8. The fraction of sp³-hybridized carbons (Fsp3) is 0.917. The van der Waals surface area contributed by atoms with Crippen LogP contribution in [0.2, 0.25) is 0 Å².